The normalized spacial score (nSPS) is 11.5. The van der Waals surface area contributed by atoms with Crippen molar-refractivity contribution < 1.29 is 13.9 Å². The van der Waals surface area contributed by atoms with Gasteiger partial charge in [0.1, 0.15) is 11.4 Å². The first-order valence-corrected chi connectivity index (χ1v) is 7.56. The fourth-order valence-electron chi connectivity index (χ4n) is 1.67. The molecule has 2 N–H and O–H groups in total. The van der Waals surface area contributed by atoms with Crippen LogP contribution >= 0.6 is 11.8 Å². The summed E-state index contributed by atoms with van der Waals surface area (Å²) in [5, 5.41) is 8.27. The van der Waals surface area contributed by atoms with Gasteiger partial charge in [0.15, 0.2) is 5.82 Å². The van der Waals surface area contributed by atoms with E-state index in [0.717, 1.165) is 11.8 Å². The Morgan fingerprint density at radius 3 is 2.55 bits per heavy atom. The molecule has 0 aliphatic carbocycles. The molecule has 1 aromatic heterocycles. The zero-order valence-corrected chi connectivity index (χ0v) is 13.4. The molecule has 0 fully saturated rings. The monoisotopic (exact) mass is 324 g/mol. The van der Waals surface area contributed by atoms with Crippen molar-refractivity contribution in [1.29, 1.82) is 0 Å². The number of nitrogens with zero attached hydrogens (tertiary/aromatic N) is 3. The van der Waals surface area contributed by atoms with E-state index in [4.69, 9.17) is 10.6 Å². The molecular formula is C14H17FN4O2S. The number of rotatable bonds is 4. The van der Waals surface area contributed by atoms with Crippen LogP contribution in [0, 0.1) is 5.82 Å². The lowest BCUT2D eigenvalue weighted by molar-refractivity contribution is -0.151. The SMILES string of the molecule is CC(C)(C)OC(=O)CSc1nnc(-c2ccc(F)cc2)n1N. The Morgan fingerprint density at radius 2 is 1.95 bits per heavy atom. The predicted octanol–water partition coefficient (Wildman–Crippen LogP) is 2.23. The molecule has 6 nitrogen and oxygen atoms in total. The van der Waals surface area contributed by atoms with Gasteiger partial charge in [0.05, 0.1) is 5.75 Å². The molecule has 0 atom stereocenters. The van der Waals surface area contributed by atoms with Crippen LogP contribution in [0.4, 0.5) is 4.39 Å². The molecule has 8 heteroatoms. The molecule has 118 valence electrons. The molecular weight excluding hydrogens is 307 g/mol. The maximum atomic E-state index is 12.9. The minimum absolute atomic E-state index is 0.0794. The summed E-state index contributed by atoms with van der Waals surface area (Å²) in [7, 11) is 0. The van der Waals surface area contributed by atoms with Gasteiger partial charge in [0.25, 0.3) is 0 Å². The summed E-state index contributed by atoms with van der Waals surface area (Å²) in [5.41, 5.74) is 0.105. The van der Waals surface area contributed by atoms with Gasteiger partial charge in [0.2, 0.25) is 5.16 Å². The molecule has 0 aliphatic heterocycles. The van der Waals surface area contributed by atoms with Crippen molar-refractivity contribution in [3.8, 4) is 11.4 Å². The van der Waals surface area contributed by atoms with Crippen molar-refractivity contribution in [2.75, 3.05) is 11.6 Å². The average molecular weight is 324 g/mol. The zero-order valence-electron chi connectivity index (χ0n) is 12.5. The second-order valence-electron chi connectivity index (χ2n) is 5.56. The summed E-state index contributed by atoms with van der Waals surface area (Å²) >= 11 is 1.13. The Bertz CT molecular complexity index is 664. The van der Waals surface area contributed by atoms with Gasteiger partial charge in [-0.05, 0) is 45.0 Å². The van der Waals surface area contributed by atoms with Crippen LogP contribution in [0.1, 0.15) is 20.8 Å². The third-order valence-electron chi connectivity index (χ3n) is 2.51. The fraction of sp³-hybridized carbons (Fsp3) is 0.357. The number of halogens is 1. The third-order valence-corrected chi connectivity index (χ3v) is 3.42. The smallest absolute Gasteiger partial charge is 0.316 e. The molecule has 2 aromatic rings. The Kier molecular flexibility index (Phi) is 4.70. The van der Waals surface area contributed by atoms with E-state index in [1.165, 1.54) is 16.8 Å². The van der Waals surface area contributed by atoms with Gasteiger partial charge in [-0.15, -0.1) is 10.2 Å². The third kappa shape index (κ3) is 4.20. The van der Waals surface area contributed by atoms with Gasteiger partial charge in [-0.2, -0.15) is 0 Å². The summed E-state index contributed by atoms with van der Waals surface area (Å²) in [6.07, 6.45) is 0. The first-order valence-electron chi connectivity index (χ1n) is 6.57. The summed E-state index contributed by atoms with van der Waals surface area (Å²) in [4.78, 5) is 11.7. The number of thioether (sulfide) groups is 1. The van der Waals surface area contributed by atoms with Crippen LogP contribution in [-0.2, 0) is 9.53 Å². The maximum absolute atomic E-state index is 12.9. The highest BCUT2D eigenvalue weighted by molar-refractivity contribution is 7.99. The summed E-state index contributed by atoms with van der Waals surface area (Å²) in [6.45, 7) is 5.40. The van der Waals surface area contributed by atoms with Crippen LogP contribution in [0.5, 0.6) is 0 Å². The van der Waals surface area contributed by atoms with Gasteiger partial charge in [-0.1, -0.05) is 11.8 Å². The quantitative estimate of drug-likeness (QED) is 0.527. The highest BCUT2D eigenvalue weighted by Gasteiger charge is 2.18. The molecule has 22 heavy (non-hydrogen) atoms. The molecule has 1 heterocycles. The van der Waals surface area contributed by atoms with Crippen molar-refractivity contribution >= 4 is 17.7 Å². The molecule has 0 unspecified atom stereocenters. The number of aromatic nitrogens is 3. The van der Waals surface area contributed by atoms with Gasteiger partial charge in [0, 0.05) is 5.56 Å². The van der Waals surface area contributed by atoms with Gasteiger partial charge in [-0.3, -0.25) is 4.79 Å². The number of hydrogen-bond acceptors (Lipinski definition) is 6. The standard InChI is InChI=1S/C14H17FN4O2S/c1-14(2,3)21-11(20)8-22-13-18-17-12(19(13)16)9-4-6-10(15)7-5-9/h4-7H,8,16H2,1-3H3. The van der Waals surface area contributed by atoms with E-state index < -0.39 is 5.60 Å². The Morgan fingerprint density at radius 1 is 1.32 bits per heavy atom. The summed E-state index contributed by atoms with van der Waals surface area (Å²) < 4.78 is 19.4. The van der Waals surface area contributed by atoms with Crippen LogP contribution in [0.3, 0.4) is 0 Å². The number of carbonyl (C=O) groups is 1. The Balaban J connectivity index is 2.05. The molecule has 0 spiro atoms. The van der Waals surface area contributed by atoms with Crippen LogP contribution in [0.25, 0.3) is 11.4 Å². The van der Waals surface area contributed by atoms with Crippen LogP contribution in [0.2, 0.25) is 0 Å². The van der Waals surface area contributed by atoms with Crippen molar-refractivity contribution in [2.24, 2.45) is 0 Å². The first-order chi connectivity index (χ1) is 10.3. The van der Waals surface area contributed by atoms with E-state index in [0.29, 0.717) is 16.5 Å². The van der Waals surface area contributed by atoms with E-state index in [9.17, 15) is 9.18 Å². The Hall–Kier alpha value is -2.09. The minimum atomic E-state index is -0.534. The number of ether oxygens (including phenoxy) is 1. The first kappa shape index (κ1) is 16.3. The maximum Gasteiger partial charge on any atom is 0.316 e. The molecule has 2 rings (SSSR count). The fourth-order valence-corrected chi connectivity index (χ4v) is 2.30. The van der Waals surface area contributed by atoms with E-state index in [2.05, 4.69) is 10.2 Å². The molecule has 0 aliphatic rings. The van der Waals surface area contributed by atoms with Crippen molar-refractivity contribution in [1.82, 2.24) is 14.9 Å². The number of carbonyl (C=O) groups excluding carboxylic acids is 1. The van der Waals surface area contributed by atoms with Gasteiger partial charge < -0.3 is 10.6 Å². The van der Waals surface area contributed by atoms with Gasteiger partial charge in [-0.25, -0.2) is 9.07 Å². The second-order valence-corrected chi connectivity index (χ2v) is 6.50. The zero-order chi connectivity index (χ0) is 16.3. The molecule has 0 saturated carbocycles. The van der Waals surface area contributed by atoms with E-state index in [-0.39, 0.29) is 17.5 Å². The molecule has 0 bridgehead atoms. The van der Waals surface area contributed by atoms with E-state index >= 15 is 0 Å². The lowest BCUT2D eigenvalue weighted by Crippen LogP contribution is -2.25. The topological polar surface area (TPSA) is 83.0 Å². The largest absolute Gasteiger partial charge is 0.459 e. The summed E-state index contributed by atoms with van der Waals surface area (Å²) in [5.74, 6) is 5.69. The highest BCUT2D eigenvalue weighted by atomic mass is 32.2. The van der Waals surface area contributed by atoms with Crippen molar-refractivity contribution in [3.63, 3.8) is 0 Å². The number of esters is 1. The number of benzene rings is 1. The number of hydrogen-bond donors (Lipinski definition) is 1. The molecule has 1 aromatic carbocycles. The van der Waals surface area contributed by atoms with Gasteiger partial charge >= 0.3 is 5.97 Å². The molecule has 0 saturated heterocycles. The predicted molar refractivity (Wildman–Crippen MR) is 82.1 cm³/mol. The summed E-state index contributed by atoms with van der Waals surface area (Å²) in [6, 6.07) is 5.76. The second kappa shape index (κ2) is 6.35. The van der Waals surface area contributed by atoms with Crippen molar-refractivity contribution in [2.45, 2.75) is 31.5 Å². The number of nitrogens with two attached hydrogens (primary N) is 1. The number of nitrogen functional groups attached to an aromatic ring is 1. The molecule has 0 amide bonds. The lowest BCUT2D eigenvalue weighted by atomic mass is 10.2. The molecule has 0 radical (unpaired) electrons. The van der Waals surface area contributed by atoms with Crippen LogP contribution in [-0.4, -0.2) is 32.2 Å². The van der Waals surface area contributed by atoms with Crippen LogP contribution in [0.15, 0.2) is 29.4 Å². The average Bonchev–Trinajstić information content (AvgIpc) is 2.77. The minimum Gasteiger partial charge on any atom is -0.459 e. The Labute approximate surface area is 131 Å². The highest BCUT2D eigenvalue weighted by Crippen LogP contribution is 2.22. The lowest BCUT2D eigenvalue weighted by Gasteiger charge is -2.19. The van der Waals surface area contributed by atoms with Crippen LogP contribution < -0.4 is 5.84 Å². The van der Waals surface area contributed by atoms with E-state index in [1.54, 1.807) is 32.9 Å². The van der Waals surface area contributed by atoms with E-state index in [1.807, 2.05) is 0 Å². The van der Waals surface area contributed by atoms with Crippen molar-refractivity contribution in [3.05, 3.63) is 30.1 Å².